The first-order valence-electron chi connectivity index (χ1n) is 5.74. The third-order valence-electron chi connectivity index (χ3n) is 3.09. The average molecular weight is 274 g/mol. The summed E-state index contributed by atoms with van der Waals surface area (Å²) < 4.78 is 38.6. The third kappa shape index (κ3) is 2.65. The number of benzene rings is 1. The molecule has 19 heavy (non-hydrogen) atoms. The van der Waals surface area contributed by atoms with Gasteiger partial charge in [0.15, 0.2) is 0 Å². The number of aliphatic hydroxyl groups is 1. The molecule has 0 spiro atoms. The summed E-state index contributed by atoms with van der Waals surface area (Å²) in [5.41, 5.74) is 0.469. The second-order valence-electron chi connectivity index (χ2n) is 4.26. The fourth-order valence-corrected chi connectivity index (χ4v) is 2.18. The number of halogens is 3. The number of hydrogen-bond donors (Lipinski definition) is 2. The summed E-state index contributed by atoms with van der Waals surface area (Å²) in [5, 5.41) is 11.5. The van der Waals surface area contributed by atoms with Crippen LogP contribution in [0.5, 0.6) is 0 Å². The van der Waals surface area contributed by atoms with E-state index in [0.717, 1.165) is 0 Å². The lowest BCUT2D eigenvalue weighted by molar-refractivity contribution is -0.174. The minimum atomic E-state index is -4.53. The van der Waals surface area contributed by atoms with Crippen molar-refractivity contribution >= 4 is 6.03 Å². The standard InChI is InChI=1S/C12H13F3N2O2/c13-12(14,15)10-6-16-11(19)17(10)9(7-18)8-4-2-1-3-5-8/h1-5,9-10,18H,6-7H2,(H,16,19)/t9-,10-/m0/s1. The van der Waals surface area contributed by atoms with Crippen LogP contribution in [-0.4, -0.2) is 41.4 Å². The summed E-state index contributed by atoms with van der Waals surface area (Å²) in [7, 11) is 0. The lowest BCUT2D eigenvalue weighted by atomic mass is 10.0. The van der Waals surface area contributed by atoms with E-state index in [1.807, 2.05) is 0 Å². The Morgan fingerprint density at radius 3 is 2.53 bits per heavy atom. The van der Waals surface area contributed by atoms with Crippen LogP contribution < -0.4 is 5.32 Å². The van der Waals surface area contributed by atoms with Gasteiger partial charge in [0.05, 0.1) is 12.6 Å². The van der Waals surface area contributed by atoms with Crippen molar-refractivity contribution in [1.82, 2.24) is 10.2 Å². The predicted octanol–water partition coefficient (Wildman–Crippen LogP) is 1.68. The molecule has 1 aliphatic rings. The molecule has 0 unspecified atom stereocenters. The van der Waals surface area contributed by atoms with Crippen molar-refractivity contribution in [2.45, 2.75) is 18.3 Å². The van der Waals surface area contributed by atoms with Crippen molar-refractivity contribution < 1.29 is 23.1 Å². The summed E-state index contributed by atoms with van der Waals surface area (Å²) in [6, 6.07) is 4.43. The van der Waals surface area contributed by atoms with Crippen LogP contribution in [0.2, 0.25) is 0 Å². The lowest BCUT2D eigenvalue weighted by Crippen LogP contribution is -2.47. The van der Waals surface area contributed by atoms with E-state index < -0.39 is 37.4 Å². The van der Waals surface area contributed by atoms with Crippen molar-refractivity contribution in [3.63, 3.8) is 0 Å². The molecule has 0 bridgehead atoms. The van der Waals surface area contributed by atoms with Gasteiger partial charge in [-0.1, -0.05) is 30.3 Å². The van der Waals surface area contributed by atoms with Crippen LogP contribution in [0.4, 0.5) is 18.0 Å². The molecule has 0 radical (unpaired) electrons. The molecule has 1 aromatic rings. The van der Waals surface area contributed by atoms with Crippen molar-refractivity contribution in [3.05, 3.63) is 35.9 Å². The highest BCUT2D eigenvalue weighted by atomic mass is 19.4. The Bertz CT molecular complexity index is 450. The normalized spacial score (nSPS) is 21.4. The SMILES string of the molecule is O=C1NC[C@@H](C(F)(F)F)N1[C@@H](CO)c1ccccc1. The van der Waals surface area contributed by atoms with Gasteiger partial charge < -0.3 is 15.3 Å². The molecule has 1 heterocycles. The molecule has 2 N–H and O–H groups in total. The van der Waals surface area contributed by atoms with Crippen LogP contribution in [-0.2, 0) is 0 Å². The van der Waals surface area contributed by atoms with Gasteiger partial charge in [0.25, 0.3) is 0 Å². The number of amides is 2. The molecule has 2 amide bonds. The van der Waals surface area contributed by atoms with Gasteiger partial charge in [0, 0.05) is 6.54 Å². The van der Waals surface area contributed by atoms with E-state index in [1.165, 1.54) is 0 Å². The Kier molecular flexibility index (Phi) is 3.66. The van der Waals surface area contributed by atoms with Gasteiger partial charge in [-0.05, 0) is 5.56 Å². The van der Waals surface area contributed by atoms with E-state index in [1.54, 1.807) is 30.3 Å². The minimum Gasteiger partial charge on any atom is -0.394 e. The zero-order valence-electron chi connectivity index (χ0n) is 9.89. The second-order valence-corrected chi connectivity index (χ2v) is 4.26. The summed E-state index contributed by atoms with van der Waals surface area (Å²) >= 11 is 0. The molecule has 0 aromatic heterocycles. The lowest BCUT2D eigenvalue weighted by Gasteiger charge is -2.32. The zero-order valence-corrected chi connectivity index (χ0v) is 9.89. The highest BCUT2D eigenvalue weighted by molar-refractivity contribution is 5.77. The Morgan fingerprint density at radius 1 is 1.37 bits per heavy atom. The van der Waals surface area contributed by atoms with Crippen molar-refractivity contribution in [2.75, 3.05) is 13.2 Å². The molecule has 4 nitrogen and oxygen atoms in total. The van der Waals surface area contributed by atoms with E-state index >= 15 is 0 Å². The number of nitrogens with zero attached hydrogens (tertiary/aromatic N) is 1. The summed E-state index contributed by atoms with van der Waals surface area (Å²) in [6.45, 7) is -1.06. The first-order chi connectivity index (χ1) is 8.95. The molecule has 2 atom stereocenters. The second kappa shape index (κ2) is 5.08. The molecule has 104 valence electrons. The molecule has 1 aliphatic heterocycles. The molecular weight excluding hydrogens is 261 g/mol. The molecule has 2 rings (SSSR count). The van der Waals surface area contributed by atoms with Crippen LogP contribution in [0, 0.1) is 0 Å². The Morgan fingerprint density at radius 2 is 2.00 bits per heavy atom. The van der Waals surface area contributed by atoms with Crippen LogP contribution in [0.3, 0.4) is 0 Å². The number of aliphatic hydroxyl groups excluding tert-OH is 1. The van der Waals surface area contributed by atoms with E-state index in [9.17, 15) is 23.1 Å². The smallest absolute Gasteiger partial charge is 0.394 e. The van der Waals surface area contributed by atoms with Crippen LogP contribution in [0.25, 0.3) is 0 Å². The minimum absolute atomic E-state index is 0.469. The third-order valence-corrected chi connectivity index (χ3v) is 3.09. The largest absolute Gasteiger partial charge is 0.410 e. The van der Waals surface area contributed by atoms with Gasteiger partial charge in [-0.3, -0.25) is 0 Å². The number of nitrogens with one attached hydrogen (secondary N) is 1. The number of carbonyl (C=O) groups excluding carboxylic acids is 1. The molecule has 1 fully saturated rings. The first-order valence-corrected chi connectivity index (χ1v) is 5.74. The fourth-order valence-electron chi connectivity index (χ4n) is 2.18. The molecule has 0 aliphatic carbocycles. The van der Waals surface area contributed by atoms with E-state index in [4.69, 9.17) is 0 Å². The van der Waals surface area contributed by atoms with Crippen molar-refractivity contribution in [3.8, 4) is 0 Å². The summed E-state index contributed by atoms with van der Waals surface area (Å²) in [4.78, 5) is 12.3. The number of urea groups is 1. The fraction of sp³-hybridized carbons (Fsp3) is 0.417. The first kappa shape index (κ1) is 13.7. The number of carbonyl (C=O) groups is 1. The van der Waals surface area contributed by atoms with E-state index in [2.05, 4.69) is 5.32 Å². The topological polar surface area (TPSA) is 52.6 Å². The number of rotatable bonds is 3. The zero-order chi connectivity index (χ0) is 14.0. The molecule has 1 aromatic carbocycles. The van der Waals surface area contributed by atoms with Gasteiger partial charge in [-0.2, -0.15) is 13.2 Å². The predicted molar refractivity (Wildman–Crippen MR) is 61.3 cm³/mol. The van der Waals surface area contributed by atoms with Crippen LogP contribution in [0.15, 0.2) is 30.3 Å². The Balaban J connectivity index is 2.33. The van der Waals surface area contributed by atoms with E-state index in [0.29, 0.717) is 10.5 Å². The maximum atomic E-state index is 12.9. The maximum Gasteiger partial charge on any atom is 0.410 e. The summed E-state index contributed by atoms with van der Waals surface area (Å²) in [5.74, 6) is 0. The van der Waals surface area contributed by atoms with Crippen molar-refractivity contribution in [2.24, 2.45) is 0 Å². The van der Waals surface area contributed by atoms with Crippen LogP contribution >= 0.6 is 0 Å². The van der Waals surface area contributed by atoms with E-state index in [-0.39, 0.29) is 0 Å². The number of hydrogen-bond acceptors (Lipinski definition) is 2. The van der Waals surface area contributed by atoms with Gasteiger partial charge in [0.1, 0.15) is 6.04 Å². The van der Waals surface area contributed by atoms with Gasteiger partial charge >= 0.3 is 12.2 Å². The Labute approximate surface area is 107 Å². The molecular formula is C12H13F3N2O2. The van der Waals surface area contributed by atoms with Crippen molar-refractivity contribution in [1.29, 1.82) is 0 Å². The maximum absolute atomic E-state index is 12.9. The molecule has 1 saturated heterocycles. The van der Waals surface area contributed by atoms with Gasteiger partial charge in [-0.15, -0.1) is 0 Å². The van der Waals surface area contributed by atoms with Crippen LogP contribution in [0.1, 0.15) is 11.6 Å². The quantitative estimate of drug-likeness (QED) is 0.881. The van der Waals surface area contributed by atoms with Gasteiger partial charge in [0.2, 0.25) is 0 Å². The van der Waals surface area contributed by atoms with Gasteiger partial charge in [-0.25, -0.2) is 4.79 Å². The molecule has 0 saturated carbocycles. The Hall–Kier alpha value is -1.76. The monoisotopic (exact) mass is 274 g/mol. The highest BCUT2D eigenvalue weighted by Gasteiger charge is 2.51. The average Bonchev–Trinajstić information content (AvgIpc) is 2.74. The highest BCUT2D eigenvalue weighted by Crippen LogP contribution is 2.33. The molecule has 7 heteroatoms. The summed E-state index contributed by atoms with van der Waals surface area (Å²) in [6.07, 6.45) is -4.53. The number of alkyl halides is 3.